The highest BCUT2D eigenvalue weighted by Gasteiger charge is 2.20. The molecule has 0 rings (SSSR count). The van der Waals surface area contributed by atoms with E-state index in [0.717, 1.165) is 57.8 Å². The summed E-state index contributed by atoms with van der Waals surface area (Å²) in [5.74, 6) is -0.0786. The summed E-state index contributed by atoms with van der Waals surface area (Å²) in [7, 11) is 0. The minimum atomic E-state index is -0.681. The van der Waals surface area contributed by atoms with Crippen molar-refractivity contribution in [3.05, 3.63) is 0 Å². The molecule has 3 N–H and O–H groups in total. The highest BCUT2D eigenvalue weighted by Crippen LogP contribution is 2.18. The van der Waals surface area contributed by atoms with Gasteiger partial charge in [0, 0.05) is 12.8 Å². The van der Waals surface area contributed by atoms with E-state index in [2.05, 4.69) is 19.2 Å². The van der Waals surface area contributed by atoms with Crippen LogP contribution in [0.2, 0.25) is 0 Å². The molecule has 0 aromatic rings. The Labute approximate surface area is 387 Å². The summed E-state index contributed by atoms with van der Waals surface area (Å²) in [6, 6.07) is -0.560. The lowest BCUT2D eigenvalue weighted by atomic mass is 10.0. The van der Waals surface area contributed by atoms with Gasteiger partial charge in [-0.05, 0) is 25.7 Å². The van der Waals surface area contributed by atoms with Gasteiger partial charge >= 0.3 is 5.97 Å². The van der Waals surface area contributed by atoms with Crippen LogP contribution in [0.25, 0.3) is 0 Å². The first-order valence-electron chi connectivity index (χ1n) is 28.3. The first-order chi connectivity index (χ1) is 30.5. The largest absolute Gasteiger partial charge is 0.466 e. The molecule has 0 saturated carbocycles. The summed E-state index contributed by atoms with van der Waals surface area (Å²) >= 11 is 0. The number of rotatable bonds is 53. The molecule has 1 amide bonds. The Morgan fingerprint density at radius 1 is 0.387 bits per heavy atom. The van der Waals surface area contributed by atoms with Crippen LogP contribution >= 0.6 is 0 Å². The Morgan fingerprint density at radius 3 is 0.984 bits per heavy atom. The van der Waals surface area contributed by atoms with Crippen molar-refractivity contribution in [3.8, 4) is 0 Å². The van der Waals surface area contributed by atoms with Crippen LogP contribution in [0.4, 0.5) is 0 Å². The third-order valence-corrected chi connectivity index (χ3v) is 13.4. The molecule has 370 valence electrons. The molecule has 0 aliphatic carbocycles. The molecule has 0 spiro atoms. The summed E-state index contributed by atoms with van der Waals surface area (Å²) in [6.45, 7) is 4.92. The summed E-state index contributed by atoms with van der Waals surface area (Å²) in [5, 5.41) is 23.3. The Balaban J connectivity index is 3.46. The second-order valence-corrected chi connectivity index (χ2v) is 19.6. The minimum absolute atomic E-state index is 0.0206. The molecule has 0 radical (unpaired) electrons. The number of esters is 1. The number of aliphatic hydroxyl groups excluding tert-OH is 2. The number of carbonyl (C=O) groups is 2. The molecule has 0 fully saturated rings. The molecule has 0 aliphatic rings. The number of unbranched alkanes of at least 4 members (excludes halogenated alkanes) is 42. The van der Waals surface area contributed by atoms with Crippen molar-refractivity contribution < 1.29 is 24.5 Å². The zero-order chi connectivity index (χ0) is 45.1. The van der Waals surface area contributed by atoms with Crippen LogP contribution in [0, 0.1) is 0 Å². The first-order valence-corrected chi connectivity index (χ1v) is 28.3. The summed E-state index contributed by atoms with van der Waals surface area (Å²) in [6.07, 6.45) is 59.4. The van der Waals surface area contributed by atoms with Gasteiger partial charge in [-0.1, -0.05) is 284 Å². The van der Waals surface area contributed by atoms with E-state index in [0.29, 0.717) is 25.9 Å². The van der Waals surface area contributed by atoms with E-state index in [4.69, 9.17) is 4.74 Å². The van der Waals surface area contributed by atoms with Crippen molar-refractivity contribution >= 4 is 11.9 Å². The Bertz CT molecular complexity index is 882. The number of aliphatic hydroxyl groups is 2. The maximum atomic E-state index is 12.5. The van der Waals surface area contributed by atoms with E-state index in [1.54, 1.807) is 0 Å². The van der Waals surface area contributed by atoms with Gasteiger partial charge in [-0.25, -0.2) is 0 Å². The van der Waals surface area contributed by atoms with Gasteiger partial charge in [-0.2, -0.15) is 0 Å². The molecule has 0 saturated heterocycles. The number of hydrogen-bond acceptors (Lipinski definition) is 5. The van der Waals surface area contributed by atoms with Crippen LogP contribution in [-0.4, -0.2) is 47.4 Å². The zero-order valence-electron chi connectivity index (χ0n) is 42.1. The molecule has 0 aromatic carbocycles. The van der Waals surface area contributed by atoms with Crippen molar-refractivity contribution in [2.45, 2.75) is 334 Å². The summed E-state index contributed by atoms with van der Waals surface area (Å²) < 4.78 is 5.46. The predicted octanol–water partition coefficient (Wildman–Crippen LogP) is 17.1. The molecule has 0 heterocycles. The fraction of sp³-hybridized carbons (Fsp3) is 0.964. The SMILES string of the molecule is CCCCCCCCCCCCCCCCCCCCCCCC(O)C(CO)NC(=O)CCCCCCCCCCCOC(=O)CCCCCCCCCCCCCCCCC. The molecular weight excluding hydrogens is 767 g/mol. The minimum Gasteiger partial charge on any atom is -0.466 e. The molecule has 0 aromatic heterocycles. The van der Waals surface area contributed by atoms with Crippen LogP contribution in [0.1, 0.15) is 322 Å². The third kappa shape index (κ3) is 48.3. The maximum Gasteiger partial charge on any atom is 0.305 e. The standard InChI is InChI=1S/C56H111NO5/c1-3-5-7-9-11-13-15-17-19-20-21-22-23-24-26-27-29-32-36-40-44-48-54(59)53(52-58)57-55(60)49-45-41-37-33-31-35-39-43-47-51-62-56(61)50-46-42-38-34-30-28-25-18-16-14-12-10-8-6-4-2/h53-54,58-59H,3-52H2,1-2H3,(H,57,60). The summed E-state index contributed by atoms with van der Waals surface area (Å²) in [5.41, 5.74) is 0. The van der Waals surface area contributed by atoms with E-state index in [-0.39, 0.29) is 18.5 Å². The lowest BCUT2D eigenvalue weighted by Crippen LogP contribution is -2.45. The molecule has 62 heavy (non-hydrogen) atoms. The smallest absolute Gasteiger partial charge is 0.305 e. The van der Waals surface area contributed by atoms with Gasteiger partial charge in [0.2, 0.25) is 5.91 Å². The lowest BCUT2D eigenvalue weighted by molar-refractivity contribution is -0.143. The van der Waals surface area contributed by atoms with Gasteiger partial charge in [0.1, 0.15) is 0 Å². The monoisotopic (exact) mass is 878 g/mol. The molecule has 2 atom stereocenters. The fourth-order valence-corrected chi connectivity index (χ4v) is 9.05. The number of carbonyl (C=O) groups excluding carboxylic acids is 2. The molecule has 0 bridgehead atoms. The van der Waals surface area contributed by atoms with Gasteiger partial charge in [0.05, 0.1) is 25.4 Å². The third-order valence-electron chi connectivity index (χ3n) is 13.4. The van der Waals surface area contributed by atoms with Crippen molar-refractivity contribution in [2.75, 3.05) is 13.2 Å². The van der Waals surface area contributed by atoms with E-state index in [1.807, 2.05) is 0 Å². The average molecular weight is 879 g/mol. The fourth-order valence-electron chi connectivity index (χ4n) is 9.05. The van der Waals surface area contributed by atoms with Crippen LogP contribution in [0.15, 0.2) is 0 Å². The lowest BCUT2D eigenvalue weighted by Gasteiger charge is -2.22. The molecule has 6 heteroatoms. The number of ether oxygens (including phenoxy) is 1. The van der Waals surface area contributed by atoms with E-state index >= 15 is 0 Å². The number of hydrogen-bond donors (Lipinski definition) is 3. The Morgan fingerprint density at radius 2 is 0.661 bits per heavy atom. The van der Waals surface area contributed by atoms with Gasteiger partial charge in [0.25, 0.3) is 0 Å². The van der Waals surface area contributed by atoms with Crippen molar-refractivity contribution in [3.63, 3.8) is 0 Å². The summed E-state index contributed by atoms with van der Waals surface area (Å²) in [4.78, 5) is 24.5. The second-order valence-electron chi connectivity index (χ2n) is 19.6. The van der Waals surface area contributed by atoms with Gasteiger partial charge in [-0.3, -0.25) is 9.59 Å². The molecule has 6 nitrogen and oxygen atoms in total. The van der Waals surface area contributed by atoms with Crippen molar-refractivity contribution in [2.24, 2.45) is 0 Å². The topological polar surface area (TPSA) is 95.9 Å². The number of nitrogens with one attached hydrogen (secondary N) is 1. The molecular formula is C56H111NO5. The Kier molecular flexibility index (Phi) is 51.5. The predicted molar refractivity (Wildman–Crippen MR) is 269 cm³/mol. The van der Waals surface area contributed by atoms with E-state index < -0.39 is 12.1 Å². The quantitative estimate of drug-likeness (QED) is 0.0418. The highest BCUT2D eigenvalue weighted by molar-refractivity contribution is 5.76. The van der Waals surface area contributed by atoms with E-state index in [1.165, 1.54) is 231 Å². The van der Waals surface area contributed by atoms with Gasteiger partial charge in [0.15, 0.2) is 0 Å². The zero-order valence-corrected chi connectivity index (χ0v) is 42.1. The average Bonchev–Trinajstić information content (AvgIpc) is 3.27. The highest BCUT2D eigenvalue weighted by atomic mass is 16.5. The van der Waals surface area contributed by atoms with Crippen LogP contribution in [0.5, 0.6) is 0 Å². The van der Waals surface area contributed by atoms with Crippen LogP contribution in [-0.2, 0) is 14.3 Å². The van der Waals surface area contributed by atoms with Crippen LogP contribution in [0.3, 0.4) is 0 Å². The first kappa shape index (κ1) is 60.9. The maximum absolute atomic E-state index is 12.5. The molecule has 0 aliphatic heterocycles. The van der Waals surface area contributed by atoms with E-state index in [9.17, 15) is 19.8 Å². The van der Waals surface area contributed by atoms with Crippen molar-refractivity contribution in [1.82, 2.24) is 5.32 Å². The van der Waals surface area contributed by atoms with Crippen LogP contribution < -0.4 is 5.32 Å². The van der Waals surface area contributed by atoms with Crippen molar-refractivity contribution in [1.29, 1.82) is 0 Å². The second kappa shape index (κ2) is 52.5. The van der Waals surface area contributed by atoms with Gasteiger partial charge in [-0.15, -0.1) is 0 Å². The molecule has 2 unspecified atom stereocenters. The Hall–Kier alpha value is -1.14. The normalized spacial score (nSPS) is 12.5. The number of amides is 1. The van der Waals surface area contributed by atoms with Gasteiger partial charge < -0.3 is 20.3 Å².